The van der Waals surface area contributed by atoms with Crippen molar-refractivity contribution < 1.29 is 13.9 Å². The Hall–Kier alpha value is -3.25. The SMILES string of the molecule is COc1ccc(/C=C2/N=C(c3ccccc3F)N(c3cccc(Br)c3)C2=O)cc1. The number of hydrogen-bond acceptors (Lipinski definition) is 3. The van der Waals surface area contributed by atoms with Crippen molar-refractivity contribution in [3.8, 4) is 5.75 Å². The van der Waals surface area contributed by atoms with Crippen molar-refractivity contribution in [2.24, 2.45) is 4.99 Å². The normalized spacial score (nSPS) is 15.0. The molecule has 0 atom stereocenters. The molecule has 0 spiro atoms. The smallest absolute Gasteiger partial charge is 0.282 e. The van der Waals surface area contributed by atoms with E-state index in [2.05, 4.69) is 20.9 Å². The number of amides is 1. The summed E-state index contributed by atoms with van der Waals surface area (Å²) in [6.07, 6.45) is 1.68. The third-order valence-electron chi connectivity index (χ3n) is 4.46. The van der Waals surface area contributed by atoms with Crippen molar-refractivity contribution in [3.05, 3.63) is 99.9 Å². The van der Waals surface area contributed by atoms with Crippen LogP contribution in [0.15, 0.2) is 88.0 Å². The zero-order chi connectivity index (χ0) is 20.4. The Morgan fingerprint density at radius 1 is 1.03 bits per heavy atom. The van der Waals surface area contributed by atoms with Gasteiger partial charge < -0.3 is 4.74 Å². The van der Waals surface area contributed by atoms with Gasteiger partial charge in [-0.25, -0.2) is 9.38 Å². The molecule has 0 aromatic heterocycles. The summed E-state index contributed by atoms with van der Waals surface area (Å²) in [6, 6.07) is 20.8. The van der Waals surface area contributed by atoms with Gasteiger partial charge in [-0.05, 0) is 54.1 Å². The van der Waals surface area contributed by atoms with Gasteiger partial charge in [0, 0.05) is 4.47 Å². The Balaban J connectivity index is 1.82. The summed E-state index contributed by atoms with van der Waals surface area (Å²) in [5.41, 5.74) is 1.89. The first-order chi connectivity index (χ1) is 14.1. The van der Waals surface area contributed by atoms with E-state index in [1.807, 2.05) is 24.3 Å². The molecule has 0 fully saturated rings. The zero-order valence-electron chi connectivity index (χ0n) is 15.5. The van der Waals surface area contributed by atoms with Crippen LogP contribution in [-0.4, -0.2) is 18.9 Å². The van der Waals surface area contributed by atoms with Gasteiger partial charge in [0.05, 0.1) is 18.4 Å². The average Bonchev–Trinajstić information content (AvgIpc) is 3.05. The van der Waals surface area contributed by atoms with E-state index in [4.69, 9.17) is 4.74 Å². The summed E-state index contributed by atoms with van der Waals surface area (Å²) >= 11 is 3.42. The van der Waals surface area contributed by atoms with Crippen LogP contribution in [0.1, 0.15) is 11.1 Å². The van der Waals surface area contributed by atoms with E-state index in [0.29, 0.717) is 5.69 Å². The number of amidine groups is 1. The molecule has 1 aliphatic rings. The van der Waals surface area contributed by atoms with Crippen LogP contribution in [0.25, 0.3) is 6.08 Å². The highest BCUT2D eigenvalue weighted by Crippen LogP contribution is 2.30. The van der Waals surface area contributed by atoms with E-state index in [9.17, 15) is 9.18 Å². The molecule has 0 unspecified atom stereocenters. The second-order valence-corrected chi connectivity index (χ2v) is 7.25. The molecule has 4 rings (SSSR count). The molecule has 0 N–H and O–H groups in total. The van der Waals surface area contributed by atoms with E-state index in [-0.39, 0.29) is 23.0 Å². The highest BCUT2D eigenvalue weighted by atomic mass is 79.9. The first-order valence-corrected chi connectivity index (χ1v) is 9.65. The van der Waals surface area contributed by atoms with Crippen LogP contribution in [0.5, 0.6) is 5.75 Å². The highest BCUT2D eigenvalue weighted by molar-refractivity contribution is 9.10. The molecule has 1 aliphatic heterocycles. The van der Waals surface area contributed by atoms with Crippen LogP contribution in [0, 0.1) is 5.82 Å². The third kappa shape index (κ3) is 3.84. The van der Waals surface area contributed by atoms with Gasteiger partial charge in [0.1, 0.15) is 17.3 Å². The van der Waals surface area contributed by atoms with Gasteiger partial charge in [-0.1, -0.05) is 46.3 Å². The number of nitrogens with zero attached hydrogens (tertiary/aromatic N) is 2. The van der Waals surface area contributed by atoms with E-state index >= 15 is 0 Å². The highest BCUT2D eigenvalue weighted by Gasteiger charge is 2.33. The summed E-state index contributed by atoms with van der Waals surface area (Å²) in [6.45, 7) is 0. The molecule has 144 valence electrons. The fourth-order valence-corrected chi connectivity index (χ4v) is 3.44. The standard InChI is InChI=1S/C23H16BrFN2O2/c1-29-18-11-9-15(10-12-18)13-21-23(28)27(17-6-4-5-16(24)14-17)22(26-21)19-7-2-3-8-20(19)25/h2-14H,1H3/b21-13+. The minimum atomic E-state index is -0.440. The van der Waals surface area contributed by atoms with Crippen LogP contribution in [0.2, 0.25) is 0 Å². The molecule has 0 saturated heterocycles. The summed E-state index contributed by atoms with van der Waals surface area (Å²) in [4.78, 5) is 19.1. The molecule has 0 aliphatic carbocycles. The van der Waals surface area contributed by atoms with Crippen LogP contribution in [0.3, 0.4) is 0 Å². The number of methoxy groups -OCH3 is 1. The van der Waals surface area contributed by atoms with Crippen molar-refractivity contribution in [2.45, 2.75) is 0 Å². The molecule has 3 aromatic rings. The van der Waals surface area contributed by atoms with E-state index in [1.165, 1.54) is 11.0 Å². The van der Waals surface area contributed by atoms with Crippen molar-refractivity contribution in [1.29, 1.82) is 0 Å². The number of carbonyl (C=O) groups is 1. The number of anilines is 1. The average molecular weight is 451 g/mol. The number of carbonyl (C=O) groups excluding carboxylic acids is 1. The van der Waals surface area contributed by atoms with Gasteiger partial charge in [0.25, 0.3) is 5.91 Å². The van der Waals surface area contributed by atoms with Gasteiger partial charge in [-0.3, -0.25) is 9.69 Å². The molecule has 6 heteroatoms. The second kappa shape index (κ2) is 8.01. The predicted octanol–water partition coefficient (Wildman–Crippen LogP) is 5.43. The van der Waals surface area contributed by atoms with Crippen molar-refractivity contribution in [1.82, 2.24) is 0 Å². The number of hydrogen-bond donors (Lipinski definition) is 0. The molecule has 0 saturated carbocycles. The van der Waals surface area contributed by atoms with Gasteiger partial charge in [-0.15, -0.1) is 0 Å². The monoisotopic (exact) mass is 450 g/mol. The summed E-state index contributed by atoms with van der Waals surface area (Å²) < 4.78 is 20.5. The largest absolute Gasteiger partial charge is 0.497 e. The Labute approximate surface area is 176 Å². The molecule has 1 amide bonds. The molecule has 0 bridgehead atoms. The lowest BCUT2D eigenvalue weighted by Crippen LogP contribution is -2.33. The summed E-state index contributed by atoms with van der Waals surface area (Å²) in [5, 5.41) is 0. The quantitative estimate of drug-likeness (QED) is 0.497. The maximum absolute atomic E-state index is 14.5. The number of aliphatic imine (C=N–C) groups is 1. The predicted molar refractivity (Wildman–Crippen MR) is 116 cm³/mol. The van der Waals surface area contributed by atoms with E-state index in [0.717, 1.165) is 15.8 Å². The van der Waals surface area contributed by atoms with Crippen LogP contribution < -0.4 is 9.64 Å². The van der Waals surface area contributed by atoms with Gasteiger partial charge in [0.15, 0.2) is 5.84 Å². The Morgan fingerprint density at radius 2 is 1.79 bits per heavy atom. The van der Waals surface area contributed by atoms with Crippen molar-refractivity contribution in [2.75, 3.05) is 12.0 Å². The molecule has 1 heterocycles. The first-order valence-electron chi connectivity index (χ1n) is 8.86. The number of benzene rings is 3. The van der Waals surface area contributed by atoms with Gasteiger partial charge in [0.2, 0.25) is 0 Å². The first kappa shape index (κ1) is 19.1. The Bertz CT molecular complexity index is 1140. The van der Waals surface area contributed by atoms with E-state index in [1.54, 1.807) is 55.7 Å². The molecule has 3 aromatic carbocycles. The van der Waals surface area contributed by atoms with Crippen LogP contribution >= 0.6 is 15.9 Å². The maximum atomic E-state index is 14.5. The Morgan fingerprint density at radius 3 is 2.48 bits per heavy atom. The molecule has 4 nitrogen and oxygen atoms in total. The topological polar surface area (TPSA) is 41.9 Å². The lowest BCUT2D eigenvalue weighted by atomic mass is 10.1. The lowest BCUT2D eigenvalue weighted by molar-refractivity contribution is -0.113. The van der Waals surface area contributed by atoms with Crippen molar-refractivity contribution in [3.63, 3.8) is 0 Å². The molecular formula is C23H16BrFN2O2. The number of halogens is 2. The fourth-order valence-electron chi connectivity index (χ4n) is 3.05. The van der Waals surface area contributed by atoms with Gasteiger partial charge >= 0.3 is 0 Å². The second-order valence-electron chi connectivity index (χ2n) is 6.34. The lowest BCUT2D eigenvalue weighted by Gasteiger charge is -2.19. The summed E-state index contributed by atoms with van der Waals surface area (Å²) in [7, 11) is 1.59. The van der Waals surface area contributed by atoms with Gasteiger partial charge in [-0.2, -0.15) is 0 Å². The fraction of sp³-hybridized carbons (Fsp3) is 0.0435. The van der Waals surface area contributed by atoms with E-state index < -0.39 is 5.82 Å². The van der Waals surface area contributed by atoms with Crippen LogP contribution in [-0.2, 0) is 4.79 Å². The minimum absolute atomic E-state index is 0.230. The third-order valence-corrected chi connectivity index (χ3v) is 4.95. The number of ether oxygens (including phenoxy) is 1. The molecule has 29 heavy (non-hydrogen) atoms. The van der Waals surface area contributed by atoms with Crippen LogP contribution in [0.4, 0.5) is 10.1 Å². The molecule has 0 radical (unpaired) electrons. The summed E-state index contributed by atoms with van der Waals surface area (Å²) in [5.74, 6) is 0.212. The molecular weight excluding hydrogens is 435 g/mol. The number of rotatable bonds is 4. The van der Waals surface area contributed by atoms with Crippen molar-refractivity contribution >= 4 is 39.4 Å². The maximum Gasteiger partial charge on any atom is 0.282 e. The minimum Gasteiger partial charge on any atom is -0.497 e. The Kier molecular flexibility index (Phi) is 5.27. The zero-order valence-corrected chi connectivity index (χ0v) is 17.1.